The molecule has 0 aromatic carbocycles. The normalized spacial score (nSPS) is 30.5. The molecule has 2 unspecified atom stereocenters. The van der Waals surface area contributed by atoms with Gasteiger partial charge >= 0.3 is 0 Å². The lowest BCUT2D eigenvalue weighted by Gasteiger charge is -2.28. The van der Waals surface area contributed by atoms with Gasteiger partial charge in [0.15, 0.2) is 0 Å². The van der Waals surface area contributed by atoms with Crippen LogP contribution in [0.3, 0.4) is 0 Å². The Labute approximate surface area is 90.1 Å². The quantitative estimate of drug-likeness (QED) is 0.807. The first-order valence-electron chi connectivity index (χ1n) is 5.40. The fourth-order valence-corrected chi connectivity index (χ4v) is 2.40. The van der Waals surface area contributed by atoms with Crippen molar-refractivity contribution in [3.05, 3.63) is 24.0 Å². The van der Waals surface area contributed by atoms with Crippen molar-refractivity contribution in [1.82, 2.24) is 4.98 Å². The largest absolute Gasteiger partial charge is 0.495 e. The molecule has 1 fully saturated rings. The second kappa shape index (κ2) is 3.81. The molecular weight excluding hydrogens is 190 g/mol. The first-order chi connectivity index (χ1) is 7.18. The van der Waals surface area contributed by atoms with Gasteiger partial charge in [-0.1, -0.05) is 6.92 Å². The van der Waals surface area contributed by atoms with Gasteiger partial charge in [0.05, 0.1) is 7.11 Å². The SMILES string of the molecule is COc1cccnc1C1(O)CCCC1C. The highest BCUT2D eigenvalue weighted by atomic mass is 16.5. The Morgan fingerprint density at radius 3 is 3.00 bits per heavy atom. The number of nitrogens with zero attached hydrogens (tertiary/aromatic N) is 1. The molecule has 0 radical (unpaired) electrons. The molecule has 1 aliphatic rings. The topological polar surface area (TPSA) is 42.4 Å². The van der Waals surface area contributed by atoms with Crippen molar-refractivity contribution in [2.24, 2.45) is 5.92 Å². The number of aliphatic hydroxyl groups is 1. The highest BCUT2D eigenvalue weighted by molar-refractivity contribution is 5.32. The van der Waals surface area contributed by atoms with Crippen molar-refractivity contribution >= 4 is 0 Å². The molecule has 0 amide bonds. The fourth-order valence-electron chi connectivity index (χ4n) is 2.40. The standard InChI is InChI=1S/C12H17NO2/c1-9-5-3-7-12(9,14)11-10(15-2)6-4-8-13-11/h4,6,8-9,14H,3,5,7H2,1-2H3. The highest BCUT2D eigenvalue weighted by Gasteiger charge is 2.42. The Kier molecular flexibility index (Phi) is 2.65. The van der Waals surface area contributed by atoms with Crippen molar-refractivity contribution in [2.45, 2.75) is 31.8 Å². The van der Waals surface area contributed by atoms with E-state index in [1.165, 1.54) is 0 Å². The Hall–Kier alpha value is -1.09. The predicted octanol–water partition coefficient (Wildman–Crippen LogP) is 2.10. The van der Waals surface area contributed by atoms with Crippen LogP contribution in [0.2, 0.25) is 0 Å². The molecule has 1 N–H and O–H groups in total. The number of methoxy groups -OCH3 is 1. The van der Waals surface area contributed by atoms with Crippen LogP contribution in [-0.4, -0.2) is 17.2 Å². The molecule has 2 rings (SSSR count). The van der Waals surface area contributed by atoms with Crippen LogP contribution >= 0.6 is 0 Å². The van der Waals surface area contributed by atoms with Crippen molar-refractivity contribution in [2.75, 3.05) is 7.11 Å². The summed E-state index contributed by atoms with van der Waals surface area (Å²) in [4.78, 5) is 4.28. The third-order valence-corrected chi connectivity index (χ3v) is 3.41. The van der Waals surface area contributed by atoms with Gasteiger partial charge in [0.25, 0.3) is 0 Å². The molecule has 1 heterocycles. The summed E-state index contributed by atoms with van der Waals surface area (Å²) in [6, 6.07) is 3.68. The van der Waals surface area contributed by atoms with E-state index in [2.05, 4.69) is 11.9 Å². The minimum absolute atomic E-state index is 0.251. The van der Waals surface area contributed by atoms with E-state index >= 15 is 0 Å². The zero-order valence-corrected chi connectivity index (χ0v) is 9.23. The molecule has 3 heteroatoms. The number of rotatable bonds is 2. The minimum Gasteiger partial charge on any atom is -0.495 e. The maximum Gasteiger partial charge on any atom is 0.143 e. The third kappa shape index (κ3) is 1.61. The molecule has 1 aromatic heterocycles. The molecule has 82 valence electrons. The molecule has 1 aromatic rings. The Morgan fingerprint density at radius 1 is 1.60 bits per heavy atom. The first-order valence-corrected chi connectivity index (χ1v) is 5.40. The van der Waals surface area contributed by atoms with Crippen molar-refractivity contribution in [3.63, 3.8) is 0 Å². The van der Waals surface area contributed by atoms with E-state index in [1.807, 2.05) is 12.1 Å². The van der Waals surface area contributed by atoms with E-state index in [0.29, 0.717) is 11.4 Å². The number of hydrogen-bond acceptors (Lipinski definition) is 3. The molecule has 2 atom stereocenters. The third-order valence-electron chi connectivity index (χ3n) is 3.41. The van der Waals surface area contributed by atoms with Crippen LogP contribution in [0, 0.1) is 5.92 Å². The molecule has 0 aliphatic heterocycles. The summed E-state index contributed by atoms with van der Waals surface area (Å²) in [5.41, 5.74) is -0.107. The molecule has 15 heavy (non-hydrogen) atoms. The van der Waals surface area contributed by atoms with Gasteiger partial charge in [0.1, 0.15) is 17.0 Å². The summed E-state index contributed by atoms with van der Waals surface area (Å²) in [5, 5.41) is 10.6. The van der Waals surface area contributed by atoms with E-state index in [-0.39, 0.29) is 5.92 Å². The Bertz CT molecular complexity index is 353. The van der Waals surface area contributed by atoms with Crippen LogP contribution in [0.25, 0.3) is 0 Å². The smallest absolute Gasteiger partial charge is 0.143 e. The van der Waals surface area contributed by atoms with Gasteiger partial charge in [-0.15, -0.1) is 0 Å². The molecule has 3 nitrogen and oxygen atoms in total. The maximum absolute atomic E-state index is 10.6. The fraction of sp³-hybridized carbons (Fsp3) is 0.583. The van der Waals surface area contributed by atoms with Crippen LogP contribution < -0.4 is 4.74 Å². The van der Waals surface area contributed by atoms with Crippen molar-refractivity contribution < 1.29 is 9.84 Å². The second-order valence-electron chi connectivity index (χ2n) is 4.27. The van der Waals surface area contributed by atoms with Gasteiger partial charge < -0.3 is 9.84 Å². The zero-order valence-electron chi connectivity index (χ0n) is 9.23. The van der Waals surface area contributed by atoms with E-state index in [4.69, 9.17) is 4.74 Å². The van der Waals surface area contributed by atoms with Gasteiger partial charge in [-0.2, -0.15) is 0 Å². The van der Waals surface area contributed by atoms with Crippen LogP contribution in [0.15, 0.2) is 18.3 Å². The number of aromatic nitrogens is 1. The second-order valence-corrected chi connectivity index (χ2v) is 4.27. The molecular formula is C12H17NO2. The van der Waals surface area contributed by atoms with Crippen molar-refractivity contribution in [1.29, 1.82) is 0 Å². The van der Waals surface area contributed by atoms with Gasteiger partial charge in [-0.25, -0.2) is 0 Å². The summed E-state index contributed by atoms with van der Waals surface area (Å²) in [6.07, 6.45) is 4.59. The number of ether oxygens (including phenoxy) is 1. The summed E-state index contributed by atoms with van der Waals surface area (Å²) in [6.45, 7) is 2.07. The maximum atomic E-state index is 10.6. The molecule has 0 saturated heterocycles. The van der Waals surface area contributed by atoms with E-state index < -0.39 is 5.60 Å². The van der Waals surface area contributed by atoms with Gasteiger partial charge in [-0.3, -0.25) is 4.98 Å². The Morgan fingerprint density at radius 2 is 2.40 bits per heavy atom. The Balaban J connectivity index is 2.43. The van der Waals surface area contributed by atoms with Crippen LogP contribution in [-0.2, 0) is 5.60 Å². The van der Waals surface area contributed by atoms with Gasteiger partial charge in [-0.05, 0) is 37.3 Å². The van der Waals surface area contributed by atoms with Crippen LogP contribution in [0.4, 0.5) is 0 Å². The van der Waals surface area contributed by atoms with Crippen molar-refractivity contribution in [3.8, 4) is 5.75 Å². The zero-order chi connectivity index (χ0) is 10.9. The summed E-state index contributed by atoms with van der Waals surface area (Å²) in [5.74, 6) is 0.940. The summed E-state index contributed by atoms with van der Waals surface area (Å²) >= 11 is 0. The van der Waals surface area contributed by atoms with E-state index in [9.17, 15) is 5.11 Å². The number of pyridine rings is 1. The average molecular weight is 207 g/mol. The minimum atomic E-state index is -0.799. The molecule has 1 aliphatic carbocycles. The average Bonchev–Trinajstić information content (AvgIpc) is 2.60. The van der Waals surface area contributed by atoms with E-state index in [0.717, 1.165) is 19.3 Å². The van der Waals surface area contributed by atoms with Gasteiger partial charge in [0, 0.05) is 6.20 Å². The van der Waals surface area contributed by atoms with Crippen LogP contribution in [0.5, 0.6) is 5.75 Å². The lowest BCUT2D eigenvalue weighted by Crippen LogP contribution is -2.30. The molecule has 0 bridgehead atoms. The first kappa shape index (κ1) is 10.4. The predicted molar refractivity (Wildman–Crippen MR) is 57.7 cm³/mol. The van der Waals surface area contributed by atoms with Crippen LogP contribution in [0.1, 0.15) is 31.9 Å². The van der Waals surface area contributed by atoms with E-state index in [1.54, 1.807) is 13.3 Å². The summed E-state index contributed by atoms with van der Waals surface area (Å²) < 4.78 is 5.25. The number of hydrogen-bond donors (Lipinski definition) is 1. The highest BCUT2D eigenvalue weighted by Crippen LogP contribution is 2.45. The lowest BCUT2D eigenvalue weighted by molar-refractivity contribution is -0.00191. The molecule has 1 saturated carbocycles. The lowest BCUT2D eigenvalue weighted by atomic mass is 9.88. The monoisotopic (exact) mass is 207 g/mol. The van der Waals surface area contributed by atoms with Gasteiger partial charge in [0.2, 0.25) is 0 Å². The molecule has 0 spiro atoms. The summed E-state index contributed by atoms with van der Waals surface area (Å²) in [7, 11) is 1.61.